The van der Waals surface area contributed by atoms with Gasteiger partial charge in [-0.05, 0) is 130 Å². The molecule has 6 nitrogen and oxygen atoms in total. The number of amides is 2. The lowest BCUT2D eigenvalue weighted by Crippen LogP contribution is -2.34. The Hall–Kier alpha value is -5.10. The van der Waals surface area contributed by atoms with Gasteiger partial charge in [-0.1, -0.05) is 157 Å². The lowest BCUT2D eigenvalue weighted by Gasteiger charge is -2.30. The van der Waals surface area contributed by atoms with Crippen molar-refractivity contribution in [3.63, 3.8) is 0 Å². The van der Waals surface area contributed by atoms with Crippen molar-refractivity contribution in [3.05, 3.63) is 117 Å². The van der Waals surface area contributed by atoms with Crippen LogP contribution in [0.25, 0.3) is 33.6 Å². The first kappa shape index (κ1) is 47.4. The molecule has 0 N–H and O–H groups in total. The monoisotopic (exact) mass is 889 g/mol. The Morgan fingerprint density at radius 2 is 0.818 bits per heavy atom. The van der Waals surface area contributed by atoms with Gasteiger partial charge in [0.15, 0.2) is 0 Å². The summed E-state index contributed by atoms with van der Waals surface area (Å²) in [7, 11) is 0. The molecule has 2 aliphatic heterocycles. The second kappa shape index (κ2) is 19.6. The zero-order chi connectivity index (χ0) is 46.9. The Labute approximate surface area is 396 Å². The van der Waals surface area contributed by atoms with Crippen LogP contribution < -0.4 is 9.47 Å². The first-order valence-corrected chi connectivity index (χ1v) is 25.8. The zero-order valence-corrected chi connectivity index (χ0v) is 41.9. The highest BCUT2D eigenvalue weighted by molar-refractivity contribution is 6.30. The van der Waals surface area contributed by atoms with Crippen molar-refractivity contribution >= 4 is 23.2 Å². The number of fused-ring (bicyclic) bond motifs is 7. The van der Waals surface area contributed by atoms with Crippen LogP contribution in [0.15, 0.2) is 83.9 Å². The van der Waals surface area contributed by atoms with Crippen LogP contribution in [-0.4, -0.2) is 47.9 Å². The van der Waals surface area contributed by atoms with Gasteiger partial charge in [0.25, 0.3) is 11.8 Å². The number of hydrogen-bond donors (Lipinski definition) is 0. The number of ether oxygens (including phenoxy) is 2. The molecule has 0 spiro atoms. The molecule has 0 saturated heterocycles. The first-order chi connectivity index (χ1) is 31.8. The molecular weight excluding hydrogens is 813 g/mol. The summed E-state index contributed by atoms with van der Waals surface area (Å²) in [6.07, 6.45) is 12.7. The molecule has 2 aliphatic carbocycles. The third-order valence-corrected chi connectivity index (χ3v) is 15.5. The summed E-state index contributed by atoms with van der Waals surface area (Å²) in [5.74, 6) is 2.35. The Balaban J connectivity index is 1.29. The number of rotatable bonds is 22. The van der Waals surface area contributed by atoms with Crippen LogP contribution in [0, 0.1) is 11.8 Å². The maximum absolute atomic E-state index is 15.7. The van der Waals surface area contributed by atoms with E-state index in [2.05, 4.69) is 142 Å². The Morgan fingerprint density at radius 3 is 1.17 bits per heavy atom. The van der Waals surface area contributed by atoms with E-state index in [1.807, 2.05) is 9.80 Å². The van der Waals surface area contributed by atoms with Gasteiger partial charge in [0.1, 0.15) is 11.5 Å². The van der Waals surface area contributed by atoms with E-state index >= 15 is 9.59 Å². The van der Waals surface area contributed by atoms with Crippen molar-refractivity contribution in [2.45, 2.75) is 157 Å². The molecule has 0 radical (unpaired) electrons. The summed E-state index contributed by atoms with van der Waals surface area (Å²) in [6.45, 7) is 25.1. The smallest absolute Gasteiger partial charge is 0.261 e. The topological polar surface area (TPSA) is 59.1 Å². The van der Waals surface area contributed by atoms with Gasteiger partial charge in [-0.15, -0.1) is 0 Å². The Morgan fingerprint density at radius 1 is 0.470 bits per heavy atom. The minimum atomic E-state index is -0.309. The fraction of sp³-hybridized carbons (Fsp3) is 0.500. The molecule has 2 amide bonds. The first-order valence-electron chi connectivity index (χ1n) is 25.8. The number of carbonyl (C=O) groups excluding carboxylic acids is 2. The van der Waals surface area contributed by atoms with Gasteiger partial charge < -0.3 is 19.3 Å². The maximum Gasteiger partial charge on any atom is 0.261 e. The third-order valence-electron chi connectivity index (χ3n) is 15.5. The van der Waals surface area contributed by atoms with Crippen molar-refractivity contribution < 1.29 is 19.1 Å². The van der Waals surface area contributed by atoms with Gasteiger partial charge >= 0.3 is 0 Å². The van der Waals surface area contributed by atoms with Crippen molar-refractivity contribution in [1.29, 1.82) is 0 Å². The highest BCUT2D eigenvalue weighted by atomic mass is 16.5. The minimum Gasteiger partial charge on any atom is -0.494 e. The van der Waals surface area contributed by atoms with Gasteiger partial charge in [0.05, 0.1) is 35.8 Å². The van der Waals surface area contributed by atoms with Gasteiger partial charge in [0, 0.05) is 23.9 Å². The van der Waals surface area contributed by atoms with Crippen molar-refractivity contribution in [3.8, 4) is 33.8 Å². The maximum atomic E-state index is 15.7. The van der Waals surface area contributed by atoms with E-state index in [9.17, 15) is 0 Å². The predicted molar refractivity (Wildman–Crippen MR) is 273 cm³/mol. The molecule has 0 saturated carbocycles. The highest BCUT2D eigenvalue weighted by Gasteiger charge is 2.50. The van der Waals surface area contributed by atoms with E-state index in [1.54, 1.807) is 0 Å². The fourth-order valence-electron chi connectivity index (χ4n) is 11.3. The van der Waals surface area contributed by atoms with E-state index < -0.39 is 0 Å². The van der Waals surface area contributed by atoms with Crippen LogP contribution in [0.4, 0.5) is 0 Å². The summed E-state index contributed by atoms with van der Waals surface area (Å²) in [6, 6.07) is 26.5. The van der Waals surface area contributed by atoms with E-state index in [-0.39, 0.29) is 22.6 Å². The third kappa shape index (κ3) is 8.45. The Kier molecular flexibility index (Phi) is 14.1. The summed E-state index contributed by atoms with van der Waals surface area (Å²) < 4.78 is 12.4. The SMILES string of the molecule is CCCCOc1ccc2c(c1)C(C)(C)c1cc(C3=C4C(=O)N(CC(CC)CCCC)C(c5ccc6c(c5)C(C)(C)c5cc(OCCCC)ccc5-6)=C4C(=O)N3CC(CC)CCCC)ccc1-2. The van der Waals surface area contributed by atoms with Crippen molar-refractivity contribution in [1.82, 2.24) is 9.80 Å². The van der Waals surface area contributed by atoms with Crippen LogP contribution in [0.2, 0.25) is 0 Å². The molecule has 4 aliphatic rings. The molecule has 2 atom stereocenters. The summed E-state index contributed by atoms with van der Waals surface area (Å²) in [5, 5.41) is 0. The molecule has 0 aromatic heterocycles. The molecule has 350 valence electrons. The van der Waals surface area contributed by atoms with Crippen LogP contribution in [0.5, 0.6) is 11.5 Å². The molecule has 2 unspecified atom stereocenters. The quantitative estimate of drug-likeness (QED) is 0.0738. The second-order valence-corrected chi connectivity index (χ2v) is 20.7. The molecule has 2 heterocycles. The van der Waals surface area contributed by atoms with Crippen LogP contribution in [-0.2, 0) is 20.4 Å². The van der Waals surface area contributed by atoms with Gasteiger partial charge in [-0.3, -0.25) is 9.59 Å². The van der Waals surface area contributed by atoms with Crippen LogP contribution in [0.3, 0.4) is 0 Å². The lowest BCUT2D eigenvalue weighted by molar-refractivity contribution is -0.124. The van der Waals surface area contributed by atoms with Crippen LogP contribution >= 0.6 is 0 Å². The van der Waals surface area contributed by atoms with Crippen molar-refractivity contribution in [2.75, 3.05) is 26.3 Å². The average Bonchev–Trinajstić information content (AvgIpc) is 3.92. The predicted octanol–water partition coefficient (Wildman–Crippen LogP) is 14.9. The molecule has 0 fully saturated rings. The number of unbranched alkanes of at least 4 members (excludes halogenated alkanes) is 4. The average molecular weight is 889 g/mol. The fourth-order valence-corrected chi connectivity index (χ4v) is 11.3. The summed E-state index contributed by atoms with van der Waals surface area (Å²) >= 11 is 0. The molecule has 6 heteroatoms. The summed E-state index contributed by atoms with van der Waals surface area (Å²) in [5.41, 5.74) is 13.7. The second-order valence-electron chi connectivity index (χ2n) is 20.7. The van der Waals surface area contributed by atoms with E-state index in [0.29, 0.717) is 49.3 Å². The number of nitrogens with zero attached hydrogens (tertiary/aromatic N) is 2. The molecule has 0 bridgehead atoms. The van der Waals surface area contributed by atoms with Gasteiger partial charge in [-0.25, -0.2) is 0 Å². The Bertz CT molecular complexity index is 2360. The van der Waals surface area contributed by atoms with E-state index in [1.165, 1.54) is 44.5 Å². The van der Waals surface area contributed by atoms with E-state index in [4.69, 9.17) is 9.47 Å². The molecule has 66 heavy (non-hydrogen) atoms. The standard InChI is InChI=1S/C60H76N2O4/c1-11-17-21-39(15-5)37-61-55(41-23-27-45-47-29-25-43(65-31-19-13-3)35-51(47)59(7,8)49(45)33-41)53-54(57(61)63)56(62(58(53)64)38-40(16-6)22-18-12-2)42-24-28-46-48-30-26-44(66-32-20-14-4)36-52(48)60(9,10)50(46)34-42/h23-30,33-36,39-40H,11-22,31-32,37-38H2,1-10H3. The molecule has 4 aromatic rings. The summed E-state index contributed by atoms with van der Waals surface area (Å²) in [4.78, 5) is 35.4. The highest BCUT2D eigenvalue weighted by Crippen LogP contribution is 2.55. The van der Waals surface area contributed by atoms with Gasteiger partial charge in [-0.2, -0.15) is 0 Å². The number of hydrogen-bond acceptors (Lipinski definition) is 4. The van der Waals surface area contributed by atoms with E-state index in [0.717, 1.165) is 111 Å². The lowest BCUT2D eigenvalue weighted by atomic mass is 9.81. The van der Waals surface area contributed by atoms with Gasteiger partial charge in [0.2, 0.25) is 0 Å². The molecule has 8 rings (SSSR count). The minimum absolute atomic E-state index is 0.0452. The van der Waals surface area contributed by atoms with Crippen LogP contribution in [0.1, 0.15) is 180 Å². The number of benzene rings is 4. The molecular formula is C60H76N2O4. The molecule has 4 aromatic carbocycles. The van der Waals surface area contributed by atoms with Crippen molar-refractivity contribution in [2.24, 2.45) is 11.8 Å². The largest absolute Gasteiger partial charge is 0.494 e. The zero-order valence-electron chi connectivity index (χ0n) is 41.9. The normalized spacial score (nSPS) is 17.3. The number of carbonyl (C=O) groups is 2.